The second kappa shape index (κ2) is 7.19. The summed E-state index contributed by atoms with van der Waals surface area (Å²) in [5.41, 5.74) is 1.97. The Balaban J connectivity index is 1.61. The zero-order chi connectivity index (χ0) is 21.9. The molecule has 1 aromatic heterocycles. The minimum atomic E-state index is -1.26. The first-order chi connectivity index (χ1) is 14.9. The van der Waals surface area contributed by atoms with Crippen LogP contribution in [-0.4, -0.2) is 36.4 Å². The molecule has 0 unspecified atom stereocenters. The van der Waals surface area contributed by atoms with Crippen LogP contribution in [0, 0.1) is 5.82 Å². The molecule has 0 amide bonds. The second-order valence-electron chi connectivity index (χ2n) is 7.48. The zero-order valence-electron chi connectivity index (χ0n) is 16.9. The van der Waals surface area contributed by atoms with Crippen molar-refractivity contribution < 1.29 is 23.8 Å². The van der Waals surface area contributed by atoms with E-state index >= 15 is 4.39 Å². The van der Waals surface area contributed by atoms with Gasteiger partial charge in [0.15, 0.2) is 11.5 Å². The van der Waals surface area contributed by atoms with E-state index in [4.69, 9.17) is 9.47 Å². The van der Waals surface area contributed by atoms with Crippen molar-refractivity contribution in [2.24, 2.45) is 0 Å². The topological polar surface area (TPSA) is 81.0 Å². The van der Waals surface area contributed by atoms with E-state index < -0.39 is 17.2 Å². The van der Waals surface area contributed by atoms with Crippen molar-refractivity contribution in [1.29, 1.82) is 0 Å². The molecular formula is C22H19FN2O5S. The number of carboxylic acid groups (broad SMARTS) is 1. The number of methoxy groups -OCH3 is 2. The molecule has 0 aliphatic carbocycles. The predicted octanol–water partition coefficient (Wildman–Crippen LogP) is 3.48. The number of thioether (sulfide) groups is 1. The average Bonchev–Trinajstić information content (AvgIpc) is 2.73. The molecule has 2 aliphatic rings. The number of ether oxygens (including phenoxy) is 2. The number of aromatic carboxylic acids is 1. The van der Waals surface area contributed by atoms with Crippen LogP contribution in [0.2, 0.25) is 0 Å². The molecule has 0 saturated heterocycles. The van der Waals surface area contributed by atoms with Crippen molar-refractivity contribution in [2.75, 3.05) is 25.7 Å². The van der Waals surface area contributed by atoms with Gasteiger partial charge in [0.05, 0.1) is 36.3 Å². The minimum absolute atomic E-state index is 0.218. The lowest BCUT2D eigenvalue weighted by Gasteiger charge is -2.32. The number of pyridine rings is 1. The number of carboxylic acids is 1. The Morgan fingerprint density at radius 1 is 1.13 bits per heavy atom. The van der Waals surface area contributed by atoms with Gasteiger partial charge in [0.1, 0.15) is 11.4 Å². The van der Waals surface area contributed by atoms with Crippen LogP contribution < -0.4 is 19.8 Å². The fourth-order valence-corrected chi connectivity index (χ4v) is 5.24. The van der Waals surface area contributed by atoms with Gasteiger partial charge in [-0.15, -0.1) is 0 Å². The molecule has 0 radical (unpaired) electrons. The molecule has 5 rings (SSSR count). The Morgan fingerprint density at radius 2 is 1.84 bits per heavy atom. The van der Waals surface area contributed by atoms with Crippen molar-refractivity contribution in [3.05, 3.63) is 57.0 Å². The van der Waals surface area contributed by atoms with Gasteiger partial charge in [0.25, 0.3) is 0 Å². The molecule has 160 valence electrons. The van der Waals surface area contributed by atoms with E-state index in [-0.39, 0.29) is 16.6 Å². The molecule has 0 fully saturated rings. The fourth-order valence-electron chi connectivity index (χ4n) is 4.29. The summed E-state index contributed by atoms with van der Waals surface area (Å²) < 4.78 is 27.6. The molecule has 2 aromatic carbocycles. The number of carbonyl (C=O) groups is 1. The lowest BCUT2D eigenvalue weighted by atomic mass is 9.98. The average molecular weight is 442 g/mol. The Labute approximate surface area is 181 Å². The van der Waals surface area contributed by atoms with Gasteiger partial charge in [0.2, 0.25) is 5.43 Å². The number of fused-ring (bicyclic) bond motifs is 4. The number of hydrogen-bond donors (Lipinski definition) is 1. The SMILES string of the molecule is COc1cc2c(cc1OC)CN(c1cc3c(=O)c(C(=O)O)c4n(c3cc1F)CS4)CC2. The highest BCUT2D eigenvalue weighted by Gasteiger charge is 2.29. The maximum Gasteiger partial charge on any atom is 0.342 e. The summed E-state index contributed by atoms with van der Waals surface area (Å²) in [6.45, 7) is 0.991. The Hall–Kier alpha value is -3.20. The van der Waals surface area contributed by atoms with Gasteiger partial charge >= 0.3 is 5.97 Å². The summed E-state index contributed by atoms with van der Waals surface area (Å²) in [4.78, 5) is 26.4. The van der Waals surface area contributed by atoms with Crippen LogP contribution in [0.25, 0.3) is 10.9 Å². The quantitative estimate of drug-likeness (QED) is 0.663. The van der Waals surface area contributed by atoms with Gasteiger partial charge in [-0.3, -0.25) is 4.79 Å². The molecule has 0 saturated carbocycles. The third-order valence-corrected chi connectivity index (χ3v) is 6.97. The molecular weight excluding hydrogens is 423 g/mol. The lowest BCUT2D eigenvalue weighted by molar-refractivity contribution is 0.0689. The molecule has 3 aromatic rings. The van der Waals surface area contributed by atoms with Crippen LogP contribution in [0.1, 0.15) is 21.5 Å². The normalized spacial score (nSPS) is 14.6. The monoisotopic (exact) mass is 442 g/mol. The predicted molar refractivity (Wildman–Crippen MR) is 115 cm³/mol. The largest absolute Gasteiger partial charge is 0.493 e. The first-order valence-electron chi connectivity index (χ1n) is 9.67. The van der Waals surface area contributed by atoms with Crippen molar-refractivity contribution >= 4 is 34.3 Å². The van der Waals surface area contributed by atoms with E-state index in [9.17, 15) is 14.7 Å². The van der Waals surface area contributed by atoms with Gasteiger partial charge < -0.3 is 24.0 Å². The standard InChI is InChI=1S/C22H19FN2O5S/c1-29-17-5-11-3-4-24(9-12(11)6-18(17)30-2)16-7-13-15(8-14(16)23)25-10-31-21(25)19(20(13)26)22(27)28/h5-8H,3-4,9-10H2,1-2H3,(H,27,28). The number of halogens is 1. The van der Waals surface area contributed by atoms with Gasteiger partial charge in [-0.05, 0) is 35.7 Å². The van der Waals surface area contributed by atoms with Gasteiger partial charge in [-0.1, -0.05) is 11.8 Å². The molecule has 2 aliphatic heterocycles. The van der Waals surface area contributed by atoms with Gasteiger partial charge in [-0.25, -0.2) is 9.18 Å². The van der Waals surface area contributed by atoms with E-state index in [1.165, 1.54) is 23.9 Å². The van der Waals surface area contributed by atoms with Crippen LogP contribution in [0.15, 0.2) is 34.1 Å². The van der Waals surface area contributed by atoms with E-state index in [2.05, 4.69) is 0 Å². The van der Waals surface area contributed by atoms with Gasteiger partial charge in [0, 0.05) is 24.5 Å². The van der Waals surface area contributed by atoms with E-state index in [1.54, 1.807) is 18.8 Å². The Bertz CT molecular complexity index is 1320. The molecule has 0 spiro atoms. The smallest absolute Gasteiger partial charge is 0.342 e. The summed E-state index contributed by atoms with van der Waals surface area (Å²) in [5.74, 6) is 0.0380. The summed E-state index contributed by atoms with van der Waals surface area (Å²) >= 11 is 1.28. The molecule has 31 heavy (non-hydrogen) atoms. The minimum Gasteiger partial charge on any atom is -0.493 e. The molecule has 0 bridgehead atoms. The van der Waals surface area contributed by atoms with Crippen LogP contribution in [-0.2, 0) is 18.8 Å². The second-order valence-corrected chi connectivity index (χ2v) is 8.42. The van der Waals surface area contributed by atoms with Crippen LogP contribution in [0.4, 0.5) is 10.1 Å². The molecule has 1 N–H and O–H groups in total. The molecule has 9 heteroatoms. The number of anilines is 1. The number of benzene rings is 2. The van der Waals surface area contributed by atoms with E-state index in [1.807, 2.05) is 17.0 Å². The van der Waals surface area contributed by atoms with Crippen molar-refractivity contribution in [1.82, 2.24) is 4.57 Å². The van der Waals surface area contributed by atoms with Gasteiger partial charge in [-0.2, -0.15) is 0 Å². The Kier molecular flexibility index (Phi) is 4.58. The van der Waals surface area contributed by atoms with Crippen molar-refractivity contribution in [3.63, 3.8) is 0 Å². The fraction of sp³-hybridized carbons (Fsp3) is 0.273. The molecule has 3 heterocycles. The first-order valence-corrected chi connectivity index (χ1v) is 10.7. The number of aromatic nitrogens is 1. The van der Waals surface area contributed by atoms with Crippen LogP contribution in [0.5, 0.6) is 11.5 Å². The third kappa shape index (κ3) is 2.95. The van der Waals surface area contributed by atoms with Crippen LogP contribution >= 0.6 is 11.8 Å². The van der Waals surface area contributed by atoms with Crippen molar-refractivity contribution in [2.45, 2.75) is 23.9 Å². The number of hydrogen-bond acceptors (Lipinski definition) is 6. The number of nitrogens with zero attached hydrogens (tertiary/aromatic N) is 2. The lowest BCUT2D eigenvalue weighted by Crippen LogP contribution is -2.32. The molecule has 7 nitrogen and oxygen atoms in total. The summed E-state index contributed by atoms with van der Waals surface area (Å²) in [6.07, 6.45) is 0.674. The summed E-state index contributed by atoms with van der Waals surface area (Å²) in [7, 11) is 3.15. The highest BCUT2D eigenvalue weighted by molar-refractivity contribution is 7.99. The summed E-state index contributed by atoms with van der Waals surface area (Å²) in [6, 6.07) is 6.65. The maximum absolute atomic E-state index is 15.1. The highest BCUT2D eigenvalue weighted by atomic mass is 32.2. The zero-order valence-corrected chi connectivity index (χ0v) is 17.7. The molecule has 0 atom stereocenters. The maximum atomic E-state index is 15.1. The highest BCUT2D eigenvalue weighted by Crippen LogP contribution is 2.39. The van der Waals surface area contributed by atoms with E-state index in [0.29, 0.717) is 47.4 Å². The summed E-state index contributed by atoms with van der Waals surface area (Å²) in [5, 5.41) is 10.1. The number of rotatable bonds is 4. The van der Waals surface area contributed by atoms with E-state index in [0.717, 1.165) is 11.1 Å². The van der Waals surface area contributed by atoms with Crippen molar-refractivity contribution in [3.8, 4) is 11.5 Å². The Morgan fingerprint density at radius 3 is 2.45 bits per heavy atom. The first kappa shape index (κ1) is 19.7. The third-order valence-electron chi connectivity index (χ3n) is 5.89. The van der Waals surface area contributed by atoms with Crippen LogP contribution in [0.3, 0.4) is 0 Å².